The molecule has 0 radical (unpaired) electrons. The summed E-state index contributed by atoms with van der Waals surface area (Å²) >= 11 is 3.27. The van der Waals surface area contributed by atoms with Gasteiger partial charge in [-0.05, 0) is 47.4 Å². The van der Waals surface area contributed by atoms with Crippen molar-refractivity contribution in [2.45, 2.75) is 25.5 Å². The Balaban J connectivity index is 1.90. The first-order chi connectivity index (χ1) is 6.74. The minimum absolute atomic E-state index is 0.165. The highest BCUT2D eigenvalue weighted by Crippen LogP contribution is 2.18. The van der Waals surface area contributed by atoms with Crippen LogP contribution in [0.4, 0.5) is 0 Å². The largest absolute Gasteiger partial charge is 0.453 e. The monoisotopic (exact) mass is 259 g/mol. The second-order valence-electron chi connectivity index (χ2n) is 3.74. The molecular weight excluding hydrogens is 246 g/mol. The Morgan fingerprint density at radius 1 is 1.57 bits per heavy atom. The molecule has 0 saturated carbocycles. The van der Waals surface area contributed by atoms with Gasteiger partial charge in [-0.25, -0.2) is 0 Å². The average molecular weight is 260 g/mol. The van der Waals surface area contributed by atoms with Gasteiger partial charge >= 0.3 is 0 Å². The normalized spacial score (nSPS) is 24.0. The fraction of sp³-hybridized carbons (Fsp3) is 0.600. The van der Waals surface area contributed by atoms with E-state index in [2.05, 4.69) is 20.8 Å². The minimum Gasteiger partial charge on any atom is -0.453 e. The highest BCUT2D eigenvalue weighted by molar-refractivity contribution is 9.10. The predicted octanol–water partition coefficient (Wildman–Crippen LogP) is 2.00. The number of nitrogens with zero attached hydrogens (tertiary/aromatic N) is 1. The zero-order valence-electron chi connectivity index (χ0n) is 7.95. The number of hydrogen-bond acceptors (Lipinski definition) is 3. The Hall–Kier alpha value is -0.320. The molecule has 14 heavy (non-hydrogen) atoms. The van der Waals surface area contributed by atoms with Gasteiger partial charge in [0.05, 0.1) is 12.6 Å². The maximum Gasteiger partial charge on any atom is 0.169 e. The summed E-state index contributed by atoms with van der Waals surface area (Å²) in [4.78, 5) is 2.22. The molecular formula is C10H14BrNO2. The molecule has 1 N–H and O–H groups in total. The summed E-state index contributed by atoms with van der Waals surface area (Å²) in [5.74, 6) is 0.950. The SMILES string of the molecule is O[C@@H]1CCCN(Cc2ccc(Br)o2)C1. The first-order valence-corrected chi connectivity index (χ1v) is 5.68. The van der Waals surface area contributed by atoms with Gasteiger partial charge in [0.15, 0.2) is 4.67 Å². The summed E-state index contributed by atoms with van der Waals surface area (Å²) in [6.45, 7) is 2.61. The fourth-order valence-corrected chi connectivity index (χ4v) is 2.17. The van der Waals surface area contributed by atoms with Crippen LogP contribution >= 0.6 is 15.9 Å². The van der Waals surface area contributed by atoms with Crippen molar-refractivity contribution < 1.29 is 9.52 Å². The number of rotatable bonds is 2. The average Bonchev–Trinajstić information content (AvgIpc) is 2.51. The van der Waals surface area contributed by atoms with Crippen molar-refractivity contribution >= 4 is 15.9 Å². The molecule has 2 heterocycles. The number of halogens is 1. The van der Waals surface area contributed by atoms with E-state index in [-0.39, 0.29) is 6.10 Å². The van der Waals surface area contributed by atoms with E-state index >= 15 is 0 Å². The number of aliphatic hydroxyl groups excluding tert-OH is 1. The van der Waals surface area contributed by atoms with Gasteiger partial charge in [0.1, 0.15) is 5.76 Å². The second kappa shape index (κ2) is 4.47. The van der Waals surface area contributed by atoms with Crippen molar-refractivity contribution in [1.29, 1.82) is 0 Å². The highest BCUT2D eigenvalue weighted by atomic mass is 79.9. The highest BCUT2D eigenvalue weighted by Gasteiger charge is 2.18. The summed E-state index contributed by atoms with van der Waals surface area (Å²) in [6.07, 6.45) is 1.84. The van der Waals surface area contributed by atoms with Crippen LogP contribution in [0.15, 0.2) is 21.2 Å². The van der Waals surface area contributed by atoms with Gasteiger partial charge in [0, 0.05) is 6.54 Å². The molecule has 1 fully saturated rings. The Bertz CT molecular complexity index is 300. The van der Waals surface area contributed by atoms with Crippen LogP contribution in [-0.2, 0) is 6.54 Å². The van der Waals surface area contributed by atoms with E-state index in [1.807, 2.05) is 12.1 Å². The molecule has 1 saturated heterocycles. The molecule has 0 unspecified atom stereocenters. The van der Waals surface area contributed by atoms with Crippen LogP contribution in [0.2, 0.25) is 0 Å². The molecule has 4 heteroatoms. The lowest BCUT2D eigenvalue weighted by atomic mass is 10.1. The van der Waals surface area contributed by atoms with E-state index in [1.54, 1.807) is 0 Å². The van der Waals surface area contributed by atoms with Crippen LogP contribution in [0.5, 0.6) is 0 Å². The molecule has 0 aliphatic carbocycles. The Labute approximate surface area is 91.8 Å². The number of piperidine rings is 1. The van der Waals surface area contributed by atoms with Gasteiger partial charge in [0.25, 0.3) is 0 Å². The van der Waals surface area contributed by atoms with E-state index in [0.717, 1.165) is 42.9 Å². The summed E-state index contributed by atoms with van der Waals surface area (Å²) in [6, 6.07) is 3.86. The standard InChI is InChI=1S/C10H14BrNO2/c11-10-4-3-9(14-10)7-12-5-1-2-8(13)6-12/h3-4,8,13H,1-2,5-7H2/t8-/m1/s1. The van der Waals surface area contributed by atoms with Crippen LogP contribution in [-0.4, -0.2) is 29.2 Å². The molecule has 1 aromatic heterocycles. The van der Waals surface area contributed by atoms with E-state index < -0.39 is 0 Å². The first kappa shape index (κ1) is 10.2. The molecule has 0 aromatic carbocycles. The van der Waals surface area contributed by atoms with Gasteiger partial charge in [-0.2, -0.15) is 0 Å². The lowest BCUT2D eigenvalue weighted by Gasteiger charge is -2.28. The molecule has 0 spiro atoms. The summed E-state index contributed by atoms with van der Waals surface area (Å²) in [7, 11) is 0. The quantitative estimate of drug-likeness (QED) is 0.883. The second-order valence-corrected chi connectivity index (χ2v) is 4.52. The zero-order chi connectivity index (χ0) is 9.97. The third kappa shape index (κ3) is 2.59. The van der Waals surface area contributed by atoms with Crippen molar-refractivity contribution in [3.05, 3.63) is 22.6 Å². The lowest BCUT2D eigenvalue weighted by Crippen LogP contribution is -2.37. The van der Waals surface area contributed by atoms with Crippen molar-refractivity contribution in [2.75, 3.05) is 13.1 Å². The van der Waals surface area contributed by atoms with Crippen LogP contribution < -0.4 is 0 Å². The maximum atomic E-state index is 9.48. The van der Waals surface area contributed by atoms with Crippen molar-refractivity contribution in [2.24, 2.45) is 0 Å². The number of furan rings is 1. The topological polar surface area (TPSA) is 36.6 Å². The number of hydrogen-bond donors (Lipinski definition) is 1. The van der Waals surface area contributed by atoms with E-state index in [1.165, 1.54) is 0 Å². The van der Waals surface area contributed by atoms with Gasteiger partial charge in [-0.15, -0.1) is 0 Å². The number of β-amino-alcohol motifs (C(OH)–C–C–N with tert-alkyl or cyclic N) is 1. The first-order valence-electron chi connectivity index (χ1n) is 4.88. The number of aliphatic hydroxyl groups is 1. The molecule has 3 nitrogen and oxygen atoms in total. The smallest absolute Gasteiger partial charge is 0.169 e. The van der Waals surface area contributed by atoms with Gasteiger partial charge in [-0.3, -0.25) is 4.90 Å². The van der Waals surface area contributed by atoms with Gasteiger partial charge < -0.3 is 9.52 Å². The Morgan fingerprint density at radius 3 is 3.07 bits per heavy atom. The van der Waals surface area contributed by atoms with Crippen LogP contribution in [0.1, 0.15) is 18.6 Å². The fourth-order valence-electron chi connectivity index (χ4n) is 1.83. The summed E-state index contributed by atoms with van der Waals surface area (Å²) in [5, 5.41) is 9.48. The van der Waals surface area contributed by atoms with E-state index in [4.69, 9.17) is 4.42 Å². The predicted molar refractivity (Wildman–Crippen MR) is 56.9 cm³/mol. The van der Waals surface area contributed by atoms with Gasteiger partial charge in [0.2, 0.25) is 0 Å². The maximum absolute atomic E-state index is 9.48. The third-order valence-electron chi connectivity index (χ3n) is 2.49. The van der Waals surface area contributed by atoms with Crippen LogP contribution in [0.25, 0.3) is 0 Å². The van der Waals surface area contributed by atoms with E-state index in [0.29, 0.717) is 0 Å². The van der Waals surface area contributed by atoms with Crippen molar-refractivity contribution in [1.82, 2.24) is 4.90 Å². The molecule has 1 aromatic rings. The number of likely N-dealkylation sites (tertiary alicyclic amines) is 1. The molecule has 78 valence electrons. The van der Waals surface area contributed by atoms with Gasteiger partial charge in [-0.1, -0.05) is 0 Å². The van der Waals surface area contributed by atoms with Crippen molar-refractivity contribution in [3.63, 3.8) is 0 Å². The van der Waals surface area contributed by atoms with Crippen LogP contribution in [0, 0.1) is 0 Å². The summed E-state index contributed by atoms with van der Waals surface area (Å²) in [5.41, 5.74) is 0. The molecule has 1 aliphatic heterocycles. The zero-order valence-corrected chi connectivity index (χ0v) is 9.53. The summed E-state index contributed by atoms with van der Waals surface area (Å²) < 4.78 is 6.18. The minimum atomic E-state index is -0.165. The molecule has 2 rings (SSSR count). The lowest BCUT2D eigenvalue weighted by molar-refractivity contribution is 0.0632. The molecule has 1 atom stereocenters. The van der Waals surface area contributed by atoms with Crippen molar-refractivity contribution in [3.8, 4) is 0 Å². The Kier molecular flexibility index (Phi) is 3.26. The van der Waals surface area contributed by atoms with Crippen LogP contribution in [0.3, 0.4) is 0 Å². The molecule has 0 amide bonds. The Morgan fingerprint density at radius 2 is 2.43 bits per heavy atom. The molecule has 0 bridgehead atoms. The molecule has 1 aliphatic rings. The van der Waals surface area contributed by atoms with E-state index in [9.17, 15) is 5.11 Å². The third-order valence-corrected chi connectivity index (χ3v) is 2.92.